The van der Waals surface area contributed by atoms with Crippen LogP contribution in [0.3, 0.4) is 0 Å². The third-order valence-corrected chi connectivity index (χ3v) is 10.4. The first-order valence-corrected chi connectivity index (χ1v) is 19.0. The summed E-state index contributed by atoms with van der Waals surface area (Å²) in [4.78, 5) is 14.9. The summed E-state index contributed by atoms with van der Waals surface area (Å²) in [6.45, 7) is 4.09. The Labute approximate surface area is 328 Å². The molecule has 0 aliphatic rings. The number of hydrogen-bond acceptors (Lipinski definition) is 3. The summed E-state index contributed by atoms with van der Waals surface area (Å²) < 4.78 is 0. The Morgan fingerprint density at radius 1 is 0.286 bits per heavy atom. The fourth-order valence-corrected chi connectivity index (χ4v) is 7.52. The molecule has 0 unspecified atom stereocenters. The molecule has 2 heterocycles. The Balaban J connectivity index is 1.16. The van der Waals surface area contributed by atoms with Gasteiger partial charge in [-0.25, -0.2) is 9.97 Å². The lowest BCUT2D eigenvalue weighted by atomic mass is 9.84. The highest BCUT2D eigenvalue weighted by molar-refractivity contribution is 5.98. The summed E-state index contributed by atoms with van der Waals surface area (Å²) in [7, 11) is 0. The van der Waals surface area contributed by atoms with Crippen molar-refractivity contribution in [2.75, 3.05) is 0 Å². The minimum absolute atomic E-state index is 0.694. The predicted molar refractivity (Wildman–Crippen MR) is 233 cm³/mol. The maximum Gasteiger partial charge on any atom is 0.160 e. The van der Waals surface area contributed by atoms with Crippen molar-refractivity contribution in [1.29, 1.82) is 0 Å². The Morgan fingerprint density at radius 3 is 1.18 bits per heavy atom. The molecule has 56 heavy (non-hydrogen) atoms. The SMILES string of the molecule is Cc1ccc(-c2ccc(-c3cc(-c4ccc(-c5c(-c6ccccc6)cc(-c6ccccc6)cc5-c5ccccc5)cc4)nc(-c4ccccc4)n3)cc2)c(C)n1. The van der Waals surface area contributed by atoms with E-state index in [-0.39, 0.29) is 0 Å². The zero-order chi connectivity index (χ0) is 37.8. The van der Waals surface area contributed by atoms with Gasteiger partial charge in [-0.3, -0.25) is 4.98 Å². The van der Waals surface area contributed by atoms with E-state index in [4.69, 9.17) is 9.97 Å². The van der Waals surface area contributed by atoms with Gasteiger partial charge in [0.25, 0.3) is 0 Å². The summed E-state index contributed by atoms with van der Waals surface area (Å²) in [5.41, 5.74) is 18.5. The fourth-order valence-electron chi connectivity index (χ4n) is 7.52. The van der Waals surface area contributed by atoms with E-state index in [2.05, 4.69) is 194 Å². The van der Waals surface area contributed by atoms with E-state index in [1.54, 1.807) is 0 Å². The molecule has 266 valence electrons. The summed E-state index contributed by atoms with van der Waals surface area (Å²) in [5.74, 6) is 0.694. The van der Waals surface area contributed by atoms with Gasteiger partial charge in [-0.1, -0.05) is 176 Å². The van der Waals surface area contributed by atoms with Crippen LogP contribution in [0.4, 0.5) is 0 Å². The first-order valence-electron chi connectivity index (χ1n) is 19.0. The van der Waals surface area contributed by atoms with Crippen LogP contribution in [0.1, 0.15) is 11.4 Å². The molecule has 0 saturated carbocycles. The highest BCUT2D eigenvalue weighted by atomic mass is 14.9. The Morgan fingerprint density at radius 2 is 0.696 bits per heavy atom. The van der Waals surface area contributed by atoms with E-state index in [1.165, 1.54) is 38.9 Å². The highest BCUT2D eigenvalue weighted by Gasteiger charge is 2.18. The zero-order valence-corrected chi connectivity index (χ0v) is 31.4. The van der Waals surface area contributed by atoms with Gasteiger partial charge in [0.2, 0.25) is 0 Å². The molecule has 9 rings (SSSR count). The molecule has 2 aromatic heterocycles. The van der Waals surface area contributed by atoms with Crippen molar-refractivity contribution in [1.82, 2.24) is 15.0 Å². The summed E-state index contributed by atoms with van der Waals surface area (Å²) in [5, 5.41) is 0. The lowest BCUT2D eigenvalue weighted by Gasteiger charge is -2.19. The molecule has 0 amide bonds. The van der Waals surface area contributed by atoms with Gasteiger partial charge in [0.1, 0.15) is 0 Å². The second-order valence-electron chi connectivity index (χ2n) is 14.1. The summed E-state index contributed by atoms with van der Waals surface area (Å²) in [6.07, 6.45) is 0. The number of hydrogen-bond donors (Lipinski definition) is 0. The molecule has 3 nitrogen and oxygen atoms in total. The molecule has 0 radical (unpaired) electrons. The number of rotatable bonds is 8. The normalized spacial score (nSPS) is 11.0. The number of nitrogens with zero attached hydrogens (tertiary/aromatic N) is 3. The van der Waals surface area contributed by atoms with Crippen LogP contribution in [0, 0.1) is 13.8 Å². The van der Waals surface area contributed by atoms with Crippen molar-refractivity contribution in [2.45, 2.75) is 13.8 Å². The van der Waals surface area contributed by atoms with Crippen molar-refractivity contribution in [3.63, 3.8) is 0 Å². The lowest BCUT2D eigenvalue weighted by Crippen LogP contribution is -1.96. The van der Waals surface area contributed by atoms with Gasteiger partial charge in [0, 0.05) is 33.6 Å². The van der Waals surface area contributed by atoms with E-state index < -0.39 is 0 Å². The van der Waals surface area contributed by atoms with Crippen LogP contribution in [-0.2, 0) is 0 Å². The minimum atomic E-state index is 0.694. The average Bonchev–Trinajstić information content (AvgIpc) is 3.27. The predicted octanol–water partition coefficient (Wildman–Crippen LogP) is 13.8. The highest BCUT2D eigenvalue weighted by Crippen LogP contribution is 2.44. The van der Waals surface area contributed by atoms with E-state index in [1.807, 2.05) is 25.1 Å². The third kappa shape index (κ3) is 7.06. The van der Waals surface area contributed by atoms with Crippen LogP contribution in [0.5, 0.6) is 0 Å². The van der Waals surface area contributed by atoms with Crippen molar-refractivity contribution in [3.05, 3.63) is 212 Å². The van der Waals surface area contributed by atoms with Crippen LogP contribution in [0.15, 0.2) is 200 Å². The Bertz CT molecular complexity index is 2700. The summed E-state index contributed by atoms with van der Waals surface area (Å²) >= 11 is 0. The van der Waals surface area contributed by atoms with Crippen LogP contribution in [0.2, 0.25) is 0 Å². The molecule has 0 spiro atoms. The third-order valence-electron chi connectivity index (χ3n) is 10.4. The maximum atomic E-state index is 5.14. The molecule has 3 heteroatoms. The van der Waals surface area contributed by atoms with Crippen molar-refractivity contribution < 1.29 is 0 Å². The molecular formula is C53H39N3. The van der Waals surface area contributed by atoms with E-state index in [9.17, 15) is 0 Å². The second-order valence-corrected chi connectivity index (χ2v) is 14.1. The smallest absolute Gasteiger partial charge is 0.160 e. The van der Waals surface area contributed by atoms with Crippen molar-refractivity contribution in [2.24, 2.45) is 0 Å². The molecule has 0 bridgehead atoms. The van der Waals surface area contributed by atoms with Gasteiger partial charge in [0.05, 0.1) is 11.4 Å². The standard InChI is InChI=1S/C53H39N3/c1-36-23-32-47(37(2)54-36)41-24-26-42(27-25-41)50-35-51(56-53(55-50)45-21-13-6-14-22-45)43-28-30-44(31-29-43)52-48(39-17-9-4-10-18-39)33-46(38-15-7-3-8-16-38)34-49(52)40-19-11-5-12-20-40/h3-35H,1-2H3. The molecule has 0 saturated heterocycles. The van der Waals surface area contributed by atoms with Gasteiger partial charge in [-0.05, 0) is 88.2 Å². The largest absolute Gasteiger partial charge is 0.258 e. The van der Waals surface area contributed by atoms with Crippen molar-refractivity contribution in [3.8, 4) is 89.5 Å². The van der Waals surface area contributed by atoms with Crippen LogP contribution in [0.25, 0.3) is 89.5 Å². The van der Waals surface area contributed by atoms with Crippen LogP contribution >= 0.6 is 0 Å². The first kappa shape index (κ1) is 34.5. The fraction of sp³-hybridized carbons (Fsp3) is 0.0377. The first-order chi connectivity index (χ1) is 27.6. The molecule has 0 aliphatic heterocycles. The van der Waals surface area contributed by atoms with E-state index >= 15 is 0 Å². The molecule has 0 N–H and O–H groups in total. The Kier molecular flexibility index (Phi) is 9.41. The molecule has 0 atom stereocenters. The number of benzene rings is 7. The molecule has 0 aliphatic carbocycles. The molecule has 9 aromatic rings. The van der Waals surface area contributed by atoms with Gasteiger partial charge in [-0.2, -0.15) is 0 Å². The molecular weight excluding hydrogens is 679 g/mol. The van der Waals surface area contributed by atoms with Crippen LogP contribution < -0.4 is 0 Å². The van der Waals surface area contributed by atoms with E-state index in [0.717, 1.165) is 56.2 Å². The van der Waals surface area contributed by atoms with Crippen LogP contribution in [-0.4, -0.2) is 15.0 Å². The Hall–Kier alpha value is -7.23. The quantitative estimate of drug-likeness (QED) is 0.157. The zero-order valence-electron chi connectivity index (χ0n) is 31.4. The average molecular weight is 718 g/mol. The van der Waals surface area contributed by atoms with Crippen molar-refractivity contribution >= 4 is 0 Å². The van der Waals surface area contributed by atoms with Gasteiger partial charge in [0.15, 0.2) is 5.82 Å². The monoisotopic (exact) mass is 717 g/mol. The number of pyridine rings is 1. The van der Waals surface area contributed by atoms with E-state index in [0.29, 0.717) is 5.82 Å². The topological polar surface area (TPSA) is 38.7 Å². The lowest BCUT2D eigenvalue weighted by molar-refractivity contribution is 1.13. The maximum absolute atomic E-state index is 5.14. The molecule has 0 fully saturated rings. The second kappa shape index (κ2) is 15.3. The van der Waals surface area contributed by atoms with Gasteiger partial charge in [-0.15, -0.1) is 0 Å². The summed E-state index contributed by atoms with van der Waals surface area (Å²) in [6, 6.07) is 70.8. The number of aryl methyl sites for hydroxylation is 2. The minimum Gasteiger partial charge on any atom is -0.258 e. The van der Waals surface area contributed by atoms with Gasteiger partial charge >= 0.3 is 0 Å². The molecule has 7 aromatic carbocycles. The van der Waals surface area contributed by atoms with Gasteiger partial charge < -0.3 is 0 Å². The number of aromatic nitrogens is 3.